The zero-order chi connectivity index (χ0) is 22.2. The first kappa shape index (κ1) is 22.8. The minimum atomic E-state index is -0.350. The number of halogens is 1. The van der Waals surface area contributed by atoms with Crippen molar-refractivity contribution in [2.45, 2.75) is 38.1 Å². The Balaban J connectivity index is 1.57. The fourth-order valence-electron chi connectivity index (χ4n) is 2.95. The molecule has 0 aliphatic rings. The summed E-state index contributed by atoms with van der Waals surface area (Å²) >= 11 is 7.20. The van der Waals surface area contributed by atoms with Crippen molar-refractivity contribution >= 4 is 35.2 Å². The fraction of sp³-hybridized carbons (Fsp3) is 0.273. The van der Waals surface area contributed by atoms with E-state index in [1.54, 1.807) is 24.3 Å². The van der Waals surface area contributed by atoms with Gasteiger partial charge >= 0.3 is 0 Å². The number of benzene rings is 2. The van der Waals surface area contributed by atoms with Gasteiger partial charge in [0.25, 0.3) is 5.91 Å². The predicted octanol–water partition coefficient (Wildman–Crippen LogP) is 3.85. The highest BCUT2D eigenvalue weighted by Crippen LogP contribution is 2.21. The number of amides is 2. The fourth-order valence-corrected chi connectivity index (χ4v) is 3.91. The largest absolute Gasteiger partial charge is 0.351 e. The molecule has 0 spiro atoms. The van der Waals surface area contributed by atoms with Crippen molar-refractivity contribution < 1.29 is 9.59 Å². The molecule has 162 valence electrons. The minimum Gasteiger partial charge on any atom is -0.351 e. The van der Waals surface area contributed by atoms with Crippen LogP contribution in [0.3, 0.4) is 0 Å². The summed E-state index contributed by atoms with van der Waals surface area (Å²) in [5.41, 5.74) is 1.56. The normalized spacial score (nSPS) is 11.7. The molecule has 1 heterocycles. The molecule has 0 bridgehead atoms. The van der Waals surface area contributed by atoms with Crippen LogP contribution in [0.1, 0.15) is 41.6 Å². The van der Waals surface area contributed by atoms with Crippen molar-refractivity contribution in [2.75, 3.05) is 5.75 Å². The zero-order valence-corrected chi connectivity index (χ0v) is 18.9. The molecule has 0 saturated carbocycles. The zero-order valence-electron chi connectivity index (χ0n) is 17.3. The van der Waals surface area contributed by atoms with E-state index in [-0.39, 0.29) is 23.6 Å². The van der Waals surface area contributed by atoms with Crippen LogP contribution in [0, 0.1) is 0 Å². The second kappa shape index (κ2) is 11.0. The Kier molecular flexibility index (Phi) is 8.08. The van der Waals surface area contributed by atoms with Crippen LogP contribution in [-0.2, 0) is 17.9 Å². The highest BCUT2D eigenvalue weighted by molar-refractivity contribution is 7.99. The van der Waals surface area contributed by atoms with Gasteiger partial charge in [-0.1, -0.05) is 53.7 Å². The molecule has 7 nitrogen and oxygen atoms in total. The van der Waals surface area contributed by atoms with Gasteiger partial charge in [0.15, 0.2) is 11.0 Å². The van der Waals surface area contributed by atoms with Crippen molar-refractivity contribution in [3.63, 3.8) is 0 Å². The maximum absolute atomic E-state index is 12.5. The lowest BCUT2D eigenvalue weighted by Gasteiger charge is -2.15. The number of aromatic nitrogens is 3. The lowest BCUT2D eigenvalue weighted by atomic mass is 10.2. The highest BCUT2D eigenvalue weighted by atomic mass is 35.5. The van der Waals surface area contributed by atoms with Gasteiger partial charge in [0, 0.05) is 23.7 Å². The third-order valence-electron chi connectivity index (χ3n) is 4.57. The number of nitrogens with one attached hydrogen (secondary N) is 2. The first-order valence-electron chi connectivity index (χ1n) is 9.91. The van der Waals surface area contributed by atoms with Crippen molar-refractivity contribution in [3.8, 4) is 0 Å². The van der Waals surface area contributed by atoms with Gasteiger partial charge < -0.3 is 15.2 Å². The predicted molar refractivity (Wildman–Crippen MR) is 122 cm³/mol. The average Bonchev–Trinajstić information content (AvgIpc) is 3.20. The SMILES string of the molecule is CCn1c(SCC(=O)NCc2ccccc2)nnc1[C@H](C)NC(=O)c1ccc(Cl)cc1. The molecule has 31 heavy (non-hydrogen) atoms. The second-order valence-electron chi connectivity index (χ2n) is 6.84. The number of carbonyl (C=O) groups is 2. The summed E-state index contributed by atoms with van der Waals surface area (Å²) in [6.45, 7) is 4.93. The molecular formula is C22H24ClN5O2S. The van der Waals surface area contributed by atoms with E-state index in [1.165, 1.54) is 11.8 Å². The van der Waals surface area contributed by atoms with Gasteiger partial charge in [0.2, 0.25) is 5.91 Å². The van der Waals surface area contributed by atoms with E-state index in [2.05, 4.69) is 20.8 Å². The standard InChI is InChI=1S/C22H24ClN5O2S/c1-3-28-20(15(2)25-21(30)17-9-11-18(23)12-10-17)26-27-22(28)31-14-19(29)24-13-16-7-5-4-6-8-16/h4-12,15H,3,13-14H2,1-2H3,(H,24,29)(H,25,30)/t15-/m0/s1. The molecule has 2 N–H and O–H groups in total. The summed E-state index contributed by atoms with van der Waals surface area (Å²) in [7, 11) is 0. The van der Waals surface area contributed by atoms with Crippen LogP contribution in [0.2, 0.25) is 5.02 Å². The Hall–Kier alpha value is -2.84. The molecule has 1 atom stereocenters. The van der Waals surface area contributed by atoms with Gasteiger partial charge in [0.05, 0.1) is 11.8 Å². The minimum absolute atomic E-state index is 0.0786. The first-order valence-corrected chi connectivity index (χ1v) is 11.3. The summed E-state index contributed by atoms with van der Waals surface area (Å²) < 4.78 is 1.90. The van der Waals surface area contributed by atoms with Gasteiger partial charge in [-0.2, -0.15) is 0 Å². The Morgan fingerprint density at radius 3 is 2.48 bits per heavy atom. The van der Waals surface area contributed by atoms with Gasteiger partial charge in [-0.25, -0.2) is 0 Å². The van der Waals surface area contributed by atoms with E-state index in [9.17, 15) is 9.59 Å². The van der Waals surface area contributed by atoms with E-state index < -0.39 is 0 Å². The van der Waals surface area contributed by atoms with Crippen LogP contribution in [0.25, 0.3) is 0 Å². The van der Waals surface area contributed by atoms with Crippen LogP contribution in [0.5, 0.6) is 0 Å². The molecule has 1 aromatic heterocycles. The molecular weight excluding hydrogens is 434 g/mol. The van der Waals surface area contributed by atoms with E-state index in [0.717, 1.165) is 5.56 Å². The molecule has 9 heteroatoms. The van der Waals surface area contributed by atoms with Crippen molar-refractivity contribution in [1.82, 2.24) is 25.4 Å². The molecule has 0 radical (unpaired) electrons. The maximum atomic E-state index is 12.5. The summed E-state index contributed by atoms with van der Waals surface area (Å²) in [4.78, 5) is 24.7. The quantitative estimate of drug-likeness (QED) is 0.476. The van der Waals surface area contributed by atoms with Gasteiger partial charge in [0.1, 0.15) is 0 Å². The molecule has 2 aromatic carbocycles. The Labute approximate surface area is 190 Å². The molecule has 3 aromatic rings. The van der Waals surface area contributed by atoms with Gasteiger partial charge in [-0.3, -0.25) is 9.59 Å². The number of hydrogen-bond acceptors (Lipinski definition) is 5. The smallest absolute Gasteiger partial charge is 0.251 e. The van der Waals surface area contributed by atoms with Crippen LogP contribution < -0.4 is 10.6 Å². The summed E-state index contributed by atoms with van der Waals surface area (Å²) in [5, 5.41) is 15.5. The molecule has 0 aliphatic carbocycles. The van der Waals surface area contributed by atoms with Gasteiger partial charge in [-0.05, 0) is 43.7 Å². The van der Waals surface area contributed by atoms with E-state index in [4.69, 9.17) is 11.6 Å². The number of hydrogen-bond donors (Lipinski definition) is 2. The third kappa shape index (κ3) is 6.32. The summed E-state index contributed by atoms with van der Waals surface area (Å²) in [6, 6.07) is 16.1. The Morgan fingerprint density at radius 2 is 1.81 bits per heavy atom. The third-order valence-corrected chi connectivity index (χ3v) is 5.79. The molecule has 0 aliphatic heterocycles. The van der Waals surface area contributed by atoms with Crippen LogP contribution in [-0.4, -0.2) is 32.3 Å². The van der Waals surface area contributed by atoms with Crippen molar-refractivity contribution in [3.05, 3.63) is 76.6 Å². The van der Waals surface area contributed by atoms with Crippen LogP contribution >= 0.6 is 23.4 Å². The summed E-state index contributed by atoms with van der Waals surface area (Å²) in [6.07, 6.45) is 0. The monoisotopic (exact) mass is 457 g/mol. The molecule has 0 fully saturated rings. The lowest BCUT2D eigenvalue weighted by molar-refractivity contribution is -0.118. The molecule has 2 amide bonds. The van der Waals surface area contributed by atoms with Crippen molar-refractivity contribution in [2.24, 2.45) is 0 Å². The van der Waals surface area contributed by atoms with Crippen LogP contribution in [0.15, 0.2) is 59.8 Å². The first-order chi connectivity index (χ1) is 15.0. The number of carbonyl (C=O) groups excluding carboxylic acids is 2. The Bertz CT molecular complexity index is 1020. The maximum Gasteiger partial charge on any atom is 0.251 e. The summed E-state index contributed by atoms with van der Waals surface area (Å²) in [5.74, 6) is 0.572. The average molecular weight is 458 g/mol. The van der Waals surface area contributed by atoms with E-state index in [1.807, 2.05) is 48.7 Å². The lowest BCUT2D eigenvalue weighted by Crippen LogP contribution is -2.28. The highest BCUT2D eigenvalue weighted by Gasteiger charge is 2.20. The number of nitrogens with zero attached hydrogens (tertiary/aromatic N) is 3. The molecule has 0 saturated heterocycles. The van der Waals surface area contributed by atoms with Gasteiger partial charge in [-0.15, -0.1) is 10.2 Å². The molecule has 0 unspecified atom stereocenters. The topological polar surface area (TPSA) is 88.9 Å². The second-order valence-corrected chi connectivity index (χ2v) is 8.22. The van der Waals surface area contributed by atoms with E-state index >= 15 is 0 Å². The number of thioether (sulfide) groups is 1. The molecule has 3 rings (SSSR count). The number of rotatable bonds is 9. The Morgan fingerprint density at radius 1 is 1.10 bits per heavy atom. The van der Waals surface area contributed by atoms with Crippen molar-refractivity contribution in [1.29, 1.82) is 0 Å². The van der Waals surface area contributed by atoms with E-state index in [0.29, 0.717) is 34.7 Å². The van der Waals surface area contributed by atoms with Crippen LogP contribution in [0.4, 0.5) is 0 Å².